The first-order valence-electron chi connectivity index (χ1n) is 8.14. The molecule has 3 aromatic rings. The fourth-order valence-corrected chi connectivity index (χ4v) is 3.00. The molecule has 2 N–H and O–H groups in total. The van der Waals surface area contributed by atoms with E-state index in [0.717, 1.165) is 12.0 Å². The van der Waals surface area contributed by atoms with Crippen LogP contribution in [0.1, 0.15) is 45.0 Å². The minimum absolute atomic E-state index is 0.108. The van der Waals surface area contributed by atoms with Crippen LogP contribution < -0.4 is 5.84 Å². The number of nitrogens with two attached hydrogens (primary N) is 1. The lowest BCUT2D eigenvalue weighted by molar-refractivity contribution is 0.469. The molecular weight excluding hydrogens is 336 g/mol. The number of thioether (sulfide) groups is 1. The number of aromatic nitrogens is 5. The lowest BCUT2D eigenvalue weighted by Crippen LogP contribution is -2.12. The molecule has 0 atom stereocenters. The van der Waals surface area contributed by atoms with Crippen molar-refractivity contribution in [1.29, 1.82) is 0 Å². The molecule has 0 bridgehead atoms. The lowest BCUT2D eigenvalue weighted by atomic mass is 9.87. The Hall–Kier alpha value is -2.35. The smallest absolute Gasteiger partial charge is 0.226 e. The van der Waals surface area contributed by atoms with Gasteiger partial charge in [0.15, 0.2) is 5.82 Å². The van der Waals surface area contributed by atoms with E-state index in [9.17, 15) is 0 Å². The Morgan fingerprint density at radius 3 is 2.32 bits per heavy atom. The Morgan fingerprint density at radius 2 is 1.72 bits per heavy atom. The minimum atomic E-state index is 0.108. The second-order valence-corrected chi connectivity index (χ2v) is 7.68. The van der Waals surface area contributed by atoms with Gasteiger partial charge < -0.3 is 10.3 Å². The van der Waals surface area contributed by atoms with Crippen LogP contribution in [0.4, 0.5) is 0 Å². The van der Waals surface area contributed by atoms with Gasteiger partial charge in [0.1, 0.15) is 0 Å². The SMILES string of the molecule is CCc1nnc(CSc2nnc(-c3ccc(C(C)(C)C)cc3)n2N)o1. The molecule has 25 heavy (non-hydrogen) atoms. The summed E-state index contributed by atoms with van der Waals surface area (Å²) >= 11 is 1.41. The molecule has 0 fully saturated rings. The Labute approximate surface area is 151 Å². The molecule has 0 saturated heterocycles. The highest BCUT2D eigenvalue weighted by Gasteiger charge is 2.16. The number of aryl methyl sites for hydroxylation is 1. The average Bonchev–Trinajstić information content (AvgIpc) is 3.19. The summed E-state index contributed by atoms with van der Waals surface area (Å²) in [6.07, 6.45) is 0.722. The van der Waals surface area contributed by atoms with Crippen LogP contribution in [-0.2, 0) is 17.6 Å². The van der Waals surface area contributed by atoms with E-state index >= 15 is 0 Å². The summed E-state index contributed by atoms with van der Waals surface area (Å²) in [4.78, 5) is 0. The number of benzene rings is 1. The summed E-state index contributed by atoms with van der Waals surface area (Å²) in [7, 11) is 0. The van der Waals surface area contributed by atoms with E-state index in [4.69, 9.17) is 10.3 Å². The fraction of sp³-hybridized carbons (Fsp3) is 0.412. The number of nitrogen functional groups attached to an aromatic ring is 1. The predicted molar refractivity (Wildman–Crippen MR) is 97.5 cm³/mol. The minimum Gasteiger partial charge on any atom is -0.424 e. The summed E-state index contributed by atoms with van der Waals surface area (Å²) in [5.41, 5.74) is 2.30. The molecule has 0 aliphatic rings. The standard InChI is InChI=1S/C17H22N6OS/c1-5-13-19-20-14(24-13)10-25-16-22-21-15(23(16)18)11-6-8-12(9-7-11)17(2,3)4/h6-9H,5,10,18H2,1-4H3. The van der Waals surface area contributed by atoms with Gasteiger partial charge in [0.2, 0.25) is 16.9 Å². The van der Waals surface area contributed by atoms with Crippen LogP contribution in [0.5, 0.6) is 0 Å². The van der Waals surface area contributed by atoms with Crippen molar-refractivity contribution < 1.29 is 4.42 Å². The van der Waals surface area contributed by atoms with Gasteiger partial charge in [-0.15, -0.1) is 20.4 Å². The molecule has 0 saturated carbocycles. The molecule has 3 rings (SSSR count). The van der Waals surface area contributed by atoms with Crippen molar-refractivity contribution in [2.24, 2.45) is 0 Å². The molecular formula is C17H22N6OS. The lowest BCUT2D eigenvalue weighted by Gasteiger charge is -2.19. The predicted octanol–water partition coefficient (Wildman–Crippen LogP) is 3.19. The fourth-order valence-electron chi connectivity index (χ4n) is 2.31. The third-order valence-electron chi connectivity index (χ3n) is 3.81. The maximum Gasteiger partial charge on any atom is 0.226 e. The molecule has 2 heterocycles. The molecule has 0 radical (unpaired) electrons. The summed E-state index contributed by atoms with van der Waals surface area (Å²) in [6, 6.07) is 8.24. The van der Waals surface area contributed by atoms with E-state index in [-0.39, 0.29) is 5.41 Å². The molecule has 1 aromatic carbocycles. The van der Waals surface area contributed by atoms with E-state index in [1.807, 2.05) is 19.1 Å². The van der Waals surface area contributed by atoms with Crippen molar-refractivity contribution in [2.45, 2.75) is 50.4 Å². The molecule has 132 valence electrons. The first-order chi connectivity index (χ1) is 11.9. The van der Waals surface area contributed by atoms with Crippen molar-refractivity contribution in [1.82, 2.24) is 25.1 Å². The zero-order valence-corrected chi connectivity index (χ0v) is 15.7. The maximum atomic E-state index is 6.16. The normalized spacial score (nSPS) is 11.8. The van der Waals surface area contributed by atoms with Crippen molar-refractivity contribution in [3.63, 3.8) is 0 Å². The number of rotatable bonds is 5. The topological polar surface area (TPSA) is 95.7 Å². The van der Waals surface area contributed by atoms with Crippen LogP contribution in [0, 0.1) is 0 Å². The van der Waals surface area contributed by atoms with E-state index in [1.165, 1.54) is 22.0 Å². The van der Waals surface area contributed by atoms with Crippen LogP contribution in [0.15, 0.2) is 33.8 Å². The Bertz CT molecular complexity index is 847. The monoisotopic (exact) mass is 358 g/mol. The molecule has 7 nitrogen and oxygen atoms in total. The van der Waals surface area contributed by atoms with Crippen LogP contribution in [-0.4, -0.2) is 25.1 Å². The second-order valence-electron chi connectivity index (χ2n) is 6.74. The third kappa shape index (κ3) is 3.84. The van der Waals surface area contributed by atoms with E-state index in [2.05, 4.69) is 53.3 Å². The van der Waals surface area contributed by atoms with Crippen LogP contribution in [0.2, 0.25) is 0 Å². The van der Waals surface area contributed by atoms with Gasteiger partial charge in [0, 0.05) is 12.0 Å². The third-order valence-corrected chi connectivity index (χ3v) is 4.74. The summed E-state index contributed by atoms with van der Waals surface area (Å²) in [5.74, 6) is 8.48. The Morgan fingerprint density at radius 1 is 1.04 bits per heavy atom. The number of hydrogen-bond donors (Lipinski definition) is 1. The molecule has 0 amide bonds. The highest BCUT2D eigenvalue weighted by molar-refractivity contribution is 7.98. The van der Waals surface area contributed by atoms with Crippen LogP contribution >= 0.6 is 11.8 Å². The molecule has 0 aliphatic heterocycles. The molecule has 0 aliphatic carbocycles. The highest BCUT2D eigenvalue weighted by Crippen LogP contribution is 2.27. The zero-order valence-electron chi connectivity index (χ0n) is 14.9. The van der Waals surface area contributed by atoms with Gasteiger partial charge >= 0.3 is 0 Å². The largest absolute Gasteiger partial charge is 0.424 e. The van der Waals surface area contributed by atoms with Crippen molar-refractivity contribution >= 4 is 11.8 Å². The molecule has 0 spiro atoms. The Kier molecular flexibility index (Phi) is 4.80. The van der Waals surface area contributed by atoms with Crippen LogP contribution in [0.25, 0.3) is 11.4 Å². The van der Waals surface area contributed by atoms with Crippen molar-refractivity contribution in [2.75, 3.05) is 5.84 Å². The van der Waals surface area contributed by atoms with Gasteiger partial charge in [0.05, 0.1) is 5.75 Å². The second kappa shape index (κ2) is 6.87. The van der Waals surface area contributed by atoms with Gasteiger partial charge in [-0.05, 0) is 11.0 Å². The van der Waals surface area contributed by atoms with Gasteiger partial charge in [-0.3, -0.25) is 0 Å². The average molecular weight is 358 g/mol. The molecule has 2 aromatic heterocycles. The summed E-state index contributed by atoms with van der Waals surface area (Å²) < 4.78 is 6.98. The zero-order chi connectivity index (χ0) is 18.0. The Balaban J connectivity index is 1.74. The van der Waals surface area contributed by atoms with E-state index in [1.54, 1.807) is 0 Å². The maximum absolute atomic E-state index is 6.16. The quantitative estimate of drug-likeness (QED) is 0.552. The van der Waals surface area contributed by atoms with Crippen LogP contribution in [0.3, 0.4) is 0 Å². The summed E-state index contributed by atoms with van der Waals surface area (Å²) in [5, 5.41) is 16.9. The van der Waals surface area contributed by atoms with Crippen molar-refractivity contribution in [3.05, 3.63) is 41.6 Å². The first kappa shape index (κ1) is 17.5. The first-order valence-corrected chi connectivity index (χ1v) is 9.12. The van der Waals surface area contributed by atoms with Gasteiger partial charge in [-0.1, -0.05) is 63.7 Å². The highest BCUT2D eigenvalue weighted by atomic mass is 32.2. The number of nitrogens with zero attached hydrogens (tertiary/aromatic N) is 5. The van der Waals surface area contributed by atoms with E-state index < -0.39 is 0 Å². The van der Waals surface area contributed by atoms with Crippen molar-refractivity contribution in [3.8, 4) is 11.4 Å². The molecule has 0 unspecified atom stereocenters. The number of hydrogen-bond acceptors (Lipinski definition) is 7. The molecule has 8 heteroatoms. The van der Waals surface area contributed by atoms with Gasteiger partial charge in [-0.25, -0.2) is 4.68 Å². The summed E-state index contributed by atoms with van der Waals surface area (Å²) in [6.45, 7) is 8.52. The van der Waals surface area contributed by atoms with E-state index in [0.29, 0.717) is 28.5 Å². The van der Waals surface area contributed by atoms with Gasteiger partial charge in [0.25, 0.3) is 0 Å². The van der Waals surface area contributed by atoms with Gasteiger partial charge in [-0.2, -0.15) is 0 Å².